The number of nitriles is 1. The fraction of sp³-hybridized carbons (Fsp3) is 0.143. The van der Waals surface area contributed by atoms with Gasteiger partial charge in [0.15, 0.2) is 0 Å². The number of aromatic nitrogens is 2. The lowest BCUT2D eigenvalue weighted by molar-refractivity contribution is -0.117. The number of carbonyl (C=O) groups is 2. The lowest BCUT2D eigenvalue weighted by Gasteiger charge is -2.05. The van der Waals surface area contributed by atoms with Gasteiger partial charge in [0.25, 0.3) is 5.91 Å². The van der Waals surface area contributed by atoms with Crippen molar-refractivity contribution in [2.24, 2.45) is 5.73 Å². The topological polar surface area (TPSA) is 125 Å². The number of hydrogen-bond acceptors (Lipinski definition) is 4. The number of hydrogen-bond donors (Lipinski definition) is 3. The molecule has 21 heavy (non-hydrogen) atoms. The standard InChI is InChI=1S/C14H13N5O2/c15-7-9-1-3-10(4-2-9)13-11(8-18-19-13)14(21)17-6-5-12(16)20/h1-4,8H,5-6H2,(H2,16,20)(H,17,21)(H,18,19). The number of rotatable bonds is 5. The van der Waals surface area contributed by atoms with E-state index in [0.717, 1.165) is 5.56 Å². The highest BCUT2D eigenvalue weighted by molar-refractivity contribution is 5.99. The monoisotopic (exact) mass is 283 g/mol. The number of primary amides is 1. The molecule has 7 heteroatoms. The molecule has 0 saturated carbocycles. The summed E-state index contributed by atoms with van der Waals surface area (Å²) in [7, 11) is 0. The highest BCUT2D eigenvalue weighted by atomic mass is 16.2. The Balaban J connectivity index is 2.15. The molecule has 0 aliphatic rings. The predicted molar refractivity (Wildman–Crippen MR) is 74.9 cm³/mol. The van der Waals surface area contributed by atoms with Gasteiger partial charge in [-0.15, -0.1) is 0 Å². The Labute approximate surface area is 120 Å². The normalized spacial score (nSPS) is 9.86. The fourth-order valence-corrected chi connectivity index (χ4v) is 1.78. The molecule has 2 aromatic rings. The van der Waals surface area contributed by atoms with Gasteiger partial charge in [0.2, 0.25) is 5.91 Å². The van der Waals surface area contributed by atoms with E-state index in [9.17, 15) is 9.59 Å². The fourth-order valence-electron chi connectivity index (χ4n) is 1.78. The molecule has 2 amide bonds. The maximum absolute atomic E-state index is 12.0. The SMILES string of the molecule is N#Cc1ccc(-c2[nH]ncc2C(=O)NCCC(N)=O)cc1. The van der Waals surface area contributed by atoms with Crippen LogP contribution < -0.4 is 11.1 Å². The van der Waals surface area contributed by atoms with Crippen LogP contribution in [0.5, 0.6) is 0 Å². The van der Waals surface area contributed by atoms with Gasteiger partial charge in [-0.2, -0.15) is 10.4 Å². The largest absolute Gasteiger partial charge is 0.370 e. The molecule has 0 saturated heterocycles. The summed E-state index contributed by atoms with van der Waals surface area (Å²) in [5.41, 5.74) is 7.20. The number of nitrogens with zero attached hydrogens (tertiary/aromatic N) is 2. The predicted octanol–water partition coefficient (Wildman–Crippen LogP) is 0.554. The van der Waals surface area contributed by atoms with E-state index in [-0.39, 0.29) is 18.9 Å². The van der Waals surface area contributed by atoms with E-state index in [1.807, 2.05) is 6.07 Å². The molecule has 0 bridgehead atoms. The number of benzene rings is 1. The molecule has 0 spiro atoms. The summed E-state index contributed by atoms with van der Waals surface area (Å²) in [6, 6.07) is 8.80. The summed E-state index contributed by atoms with van der Waals surface area (Å²) in [6.45, 7) is 0.173. The second kappa shape index (κ2) is 6.34. The number of nitrogens with two attached hydrogens (primary N) is 1. The Morgan fingerprint density at radius 3 is 2.67 bits per heavy atom. The van der Waals surface area contributed by atoms with Crippen LogP contribution in [0.4, 0.5) is 0 Å². The molecule has 1 aromatic heterocycles. The van der Waals surface area contributed by atoms with E-state index in [2.05, 4.69) is 15.5 Å². The van der Waals surface area contributed by atoms with Gasteiger partial charge in [-0.05, 0) is 12.1 Å². The zero-order valence-electron chi connectivity index (χ0n) is 11.1. The highest BCUT2D eigenvalue weighted by Gasteiger charge is 2.15. The number of amides is 2. The first-order valence-corrected chi connectivity index (χ1v) is 6.22. The van der Waals surface area contributed by atoms with Crippen LogP contribution in [0.2, 0.25) is 0 Å². The van der Waals surface area contributed by atoms with Gasteiger partial charge >= 0.3 is 0 Å². The Morgan fingerprint density at radius 2 is 2.05 bits per heavy atom. The molecule has 0 atom stereocenters. The summed E-state index contributed by atoms with van der Waals surface area (Å²) in [4.78, 5) is 22.7. The maximum Gasteiger partial charge on any atom is 0.255 e. The van der Waals surface area contributed by atoms with Gasteiger partial charge in [0.05, 0.1) is 29.1 Å². The summed E-state index contributed by atoms with van der Waals surface area (Å²) in [6.07, 6.45) is 1.49. The Morgan fingerprint density at radius 1 is 1.33 bits per heavy atom. The van der Waals surface area contributed by atoms with Crippen LogP contribution in [0.1, 0.15) is 22.3 Å². The highest BCUT2D eigenvalue weighted by Crippen LogP contribution is 2.21. The second-order valence-corrected chi connectivity index (χ2v) is 4.32. The van der Waals surface area contributed by atoms with E-state index in [1.165, 1.54) is 6.20 Å². The average Bonchev–Trinajstić information content (AvgIpc) is 2.96. The lowest BCUT2D eigenvalue weighted by Crippen LogP contribution is -2.27. The van der Waals surface area contributed by atoms with E-state index in [0.29, 0.717) is 16.8 Å². The van der Waals surface area contributed by atoms with Gasteiger partial charge in [0.1, 0.15) is 0 Å². The van der Waals surface area contributed by atoms with Crippen molar-refractivity contribution in [1.82, 2.24) is 15.5 Å². The maximum atomic E-state index is 12.0. The van der Waals surface area contributed by atoms with Gasteiger partial charge in [0, 0.05) is 18.5 Å². The van der Waals surface area contributed by atoms with Crippen LogP contribution in [0.25, 0.3) is 11.3 Å². The molecule has 1 aromatic carbocycles. The van der Waals surface area contributed by atoms with Crippen molar-refractivity contribution in [3.05, 3.63) is 41.6 Å². The van der Waals surface area contributed by atoms with Crippen LogP contribution in [0.3, 0.4) is 0 Å². The molecule has 2 rings (SSSR count). The molecule has 0 aliphatic carbocycles. The molecule has 0 unspecified atom stereocenters. The van der Waals surface area contributed by atoms with E-state index < -0.39 is 5.91 Å². The van der Waals surface area contributed by atoms with Crippen molar-refractivity contribution in [2.45, 2.75) is 6.42 Å². The minimum atomic E-state index is -0.477. The minimum Gasteiger partial charge on any atom is -0.370 e. The third-order valence-electron chi connectivity index (χ3n) is 2.84. The smallest absolute Gasteiger partial charge is 0.255 e. The van der Waals surface area contributed by atoms with Crippen molar-refractivity contribution in [2.75, 3.05) is 6.54 Å². The van der Waals surface area contributed by atoms with Crippen LogP contribution >= 0.6 is 0 Å². The number of H-pyrrole nitrogens is 1. The van der Waals surface area contributed by atoms with Crippen molar-refractivity contribution < 1.29 is 9.59 Å². The summed E-state index contributed by atoms with van der Waals surface area (Å²) >= 11 is 0. The quantitative estimate of drug-likeness (QED) is 0.741. The van der Waals surface area contributed by atoms with Crippen molar-refractivity contribution in [1.29, 1.82) is 5.26 Å². The average molecular weight is 283 g/mol. The zero-order valence-corrected chi connectivity index (χ0v) is 11.1. The van der Waals surface area contributed by atoms with Crippen LogP contribution in [0, 0.1) is 11.3 Å². The van der Waals surface area contributed by atoms with Gasteiger partial charge in [-0.3, -0.25) is 14.7 Å². The Kier molecular flexibility index (Phi) is 4.31. The lowest BCUT2D eigenvalue weighted by atomic mass is 10.1. The summed E-state index contributed by atoms with van der Waals surface area (Å²) in [5.74, 6) is -0.820. The van der Waals surface area contributed by atoms with Crippen molar-refractivity contribution >= 4 is 11.8 Å². The van der Waals surface area contributed by atoms with Crippen molar-refractivity contribution in [3.8, 4) is 17.3 Å². The third kappa shape index (κ3) is 3.45. The number of nitrogens with one attached hydrogen (secondary N) is 2. The van der Waals surface area contributed by atoms with Gasteiger partial charge in [-0.25, -0.2) is 0 Å². The molecule has 7 nitrogen and oxygen atoms in total. The van der Waals surface area contributed by atoms with Gasteiger partial charge in [-0.1, -0.05) is 12.1 Å². The van der Waals surface area contributed by atoms with E-state index in [1.54, 1.807) is 24.3 Å². The molecule has 0 radical (unpaired) electrons. The number of aromatic amines is 1. The Bertz CT molecular complexity index is 697. The molecule has 106 valence electrons. The van der Waals surface area contributed by atoms with E-state index >= 15 is 0 Å². The minimum absolute atomic E-state index is 0.0792. The second-order valence-electron chi connectivity index (χ2n) is 4.32. The molecule has 1 heterocycles. The van der Waals surface area contributed by atoms with E-state index in [4.69, 9.17) is 11.0 Å². The number of carbonyl (C=O) groups excluding carboxylic acids is 2. The Hall–Kier alpha value is -3.14. The first-order valence-electron chi connectivity index (χ1n) is 6.22. The van der Waals surface area contributed by atoms with Gasteiger partial charge < -0.3 is 11.1 Å². The zero-order chi connectivity index (χ0) is 15.2. The molecular weight excluding hydrogens is 270 g/mol. The van der Waals surface area contributed by atoms with Crippen LogP contribution in [-0.4, -0.2) is 28.6 Å². The molecule has 4 N–H and O–H groups in total. The van der Waals surface area contributed by atoms with Crippen LogP contribution in [-0.2, 0) is 4.79 Å². The molecular formula is C14H13N5O2. The molecule has 0 fully saturated rings. The first-order chi connectivity index (χ1) is 10.1. The third-order valence-corrected chi connectivity index (χ3v) is 2.84. The summed E-state index contributed by atoms with van der Waals surface area (Å²) in [5, 5.41) is 18.0. The van der Waals surface area contributed by atoms with Crippen molar-refractivity contribution in [3.63, 3.8) is 0 Å². The molecule has 0 aliphatic heterocycles. The first kappa shape index (κ1) is 14.3. The van der Waals surface area contributed by atoms with Crippen LogP contribution in [0.15, 0.2) is 30.5 Å². The summed E-state index contributed by atoms with van der Waals surface area (Å²) < 4.78 is 0.